The minimum absolute atomic E-state index is 0.230. The van der Waals surface area contributed by atoms with Crippen molar-refractivity contribution in [2.24, 2.45) is 5.92 Å². The molecule has 0 aliphatic heterocycles. The van der Waals surface area contributed by atoms with Gasteiger partial charge in [-0.3, -0.25) is 9.68 Å². The van der Waals surface area contributed by atoms with E-state index >= 15 is 0 Å². The Morgan fingerprint density at radius 1 is 1.12 bits per heavy atom. The van der Waals surface area contributed by atoms with Crippen molar-refractivity contribution in [1.29, 1.82) is 0 Å². The first-order valence-corrected chi connectivity index (χ1v) is 5.64. The number of carbonyl (C=O) groups excluding carboxylic acids is 2. The molecule has 0 aromatic heterocycles. The van der Waals surface area contributed by atoms with Crippen LogP contribution < -0.4 is 0 Å². The quantitative estimate of drug-likeness (QED) is 0.363. The Morgan fingerprint density at radius 3 is 2.31 bits per heavy atom. The summed E-state index contributed by atoms with van der Waals surface area (Å²) in [5, 5.41) is 0. The van der Waals surface area contributed by atoms with Crippen molar-refractivity contribution < 1.29 is 24.1 Å². The molecule has 0 fully saturated rings. The van der Waals surface area contributed by atoms with Crippen LogP contribution in [0.4, 0.5) is 0 Å². The molecule has 0 aromatic rings. The van der Waals surface area contributed by atoms with Crippen LogP contribution in [0.3, 0.4) is 0 Å². The number of hydrogen-bond donors (Lipinski definition) is 0. The van der Waals surface area contributed by atoms with Gasteiger partial charge in [0.2, 0.25) is 0 Å². The predicted octanol–water partition coefficient (Wildman–Crippen LogP) is 1.85. The van der Waals surface area contributed by atoms with Crippen molar-refractivity contribution in [1.82, 2.24) is 0 Å². The lowest BCUT2D eigenvalue weighted by Gasteiger charge is -2.11. The summed E-state index contributed by atoms with van der Waals surface area (Å²) in [7, 11) is 0. The van der Waals surface area contributed by atoms with E-state index in [2.05, 4.69) is 9.78 Å². The van der Waals surface area contributed by atoms with Crippen LogP contribution in [0.25, 0.3) is 0 Å². The van der Waals surface area contributed by atoms with Gasteiger partial charge in [0.1, 0.15) is 0 Å². The monoisotopic (exact) mass is 232 g/mol. The molecule has 0 aromatic carbocycles. The van der Waals surface area contributed by atoms with Crippen LogP contribution in [0.2, 0.25) is 0 Å². The number of hydrogen-bond acceptors (Lipinski definition) is 5. The number of ether oxygens (including phenoxy) is 1. The van der Waals surface area contributed by atoms with Gasteiger partial charge in [-0.2, -0.15) is 4.89 Å². The zero-order chi connectivity index (χ0) is 12.4. The normalized spacial score (nSPS) is 11.9. The van der Waals surface area contributed by atoms with E-state index in [1.807, 2.05) is 6.92 Å². The summed E-state index contributed by atoms with van der Waals surface area (Å²) >= 11 is 0. The molecule has 94 valence electrons. The van der Waals surface area contributed by atoms with E-state index in [0.717, 1.165) is 0 Å². The zero-order valence-corrected chi connectivity index (χ0v) is 10.2. The van der Waals surface area contributed by atoms with Crippen LogP contribution in [-0.2, 0) is 24.1 Å². The highest BCUT2D eigenvalue weighted by molar-refractivity contribution is 5.74. The van der Waals surface area contributed by atoms with Gasteiger partial charge < -0.3 is 4.74 Å². The van der Waals surface area contributed by atoms with Gasteiger partial charge in [-0.15, -0.1) is 0 Å². The molecule has 1 unspecified atom stereocenters. The fraction of sp³-hybridized carbons (Fsp3) is 0.818. The first-order valence-electron chi connectivity index (χ1n) is 5.64. The van der Waals surface area contributed by atoms with Crippen LogP contribution in [0.15, 0.2) is 0 Å². The molecule has 0 rings (SSSR count). The second-order valence-electron chi connectivity index (χ2n) is 3.26. The lowest BCUT2D eigenvalue weighted by molar-refractivity contribution is -0.273. The summed E-state index contributed by atoms with van der Waals surface area (Å²) in [6.45, 7) is 6.02. The SMILES string of the molecule is CCOOC(=O)C(CC)CCC(=O)OCC. The predicted molar refractivity (Wildman–Crippen MR) is 57.4 cm³/mol. The van der Waals surface area contributed by atoms with Crippen molar-refractivity contribution in [3.63, 3.8) is 0 Å². The number of esters is 1. The third kappa shape index (κ3) is 6.40. The van der Waals surface area contributed by atoms with Gasteiger partial charge in [-0.1, -0.05) is 6.92 Å². The van der Waals surface area contributed by atoms with Crippen LogP contribution in [0.5, 0.6) is 0 Å². The Kier molecular flexibility index (Phi) is 8.52. The van der Waals surface area contributed by atoms with Crippen molar-refractivity contribution in [2.75, 3.05) is 13.2 Å². The lowest BCUT2D eigenvalue weighted by Crippen LogP contribution is -2.19. The Morgan fingerprint density at radius 2 is 1.81 bits per heavy atom. The Hall–Kier alpha value is -1.10. The van der Waals surface area contributed by atoms with Crippen molar-refractivity contribution in [2.45, 2.75) is 40.0 Å². The van der Waals surface area contributed by atoms with E-state index in [4.69, 9.17) is 4.74 Å². The van der Waals surface area contributed by atoms with Gasteiger partial charge in [0.05, 0.1) is 19.1 Å². The lowest BCUT2D eigenvalue weighted by atomic mass is 10.0. The highest BCUT2D eigenvalue weighted by Gasteiger charge is 2.20. The molecule has 16 heavy (non-hydrogen) atoms. The summed E-state index contributed by atoms with van der Waals surface area (Å²) in [6.07, 6.45) is 1.28. The molecule has 0 saturated heterocycles. The molecular formula is C11H20O5. The van der Waals surface area contributed by atoms with Gasteiger partial charge in [0.15, 0.2) is 0 Å². The van der Waals surface area contributed by atoms with Gasteiger partial charge in [-0.05, 0) is 26.7 Å². The molecule has 0 radical (unpaired) electrons. The molecule has 5 heteroatoms. The second kappa shape index (κ2) is 9.15. The summed E-state index contributed by atoms with van der Waals surface area (Å²) in [5.41, 5.74) is 0. The molecule has 1 atom stereocenters. The maximum absolute atomic E-state index is 11.4. The second-order valence-corrected chi connectivity index (χ2v) is 3.26. The molecule has 0 spiro atoms. The average Bonchev–Trinajstić information content (AvgIpc) is 2.27. The van der Waals surface area contributed by atoms with Crippen LogP contribution >= 0.6 is 0 Å². The molecular weight excluding hydrogens is 212 g/mol. The van der Waals surface area contributed by atoms with E-state index < -0.39 is 5.97 Å². The maximum atomic E-state index is 11.4. The summed E-state index contributed by atoms with van der Waals surface area (Å²) in [6, 6.07) is 0. The number of carbonyl (C=O) groups is 2. The van der Waals surface area contributed by atoms with E-state index in [1.54, 1.807) is 13.8 Å². The van der Waals surface area contributed by atoms with Crippen molar-refractivity contribution >= 4 is 11.9 Å². The standard InChI is InChI=1S/C11H20O5/c1-4-9(11(13)16-15-6-3)7-8-10(12)14-5-2/h9H,4-8H2,1-3H3. The van der Waals surface area contributed by atoms with Gasteiger partial charge in [-0.25, -0.2) is 4.79 Å². The molecule has 0 aliphatic carbocycles. The summed E-state index contributed by atoms with van der Waals surface area (Å²) in [5.74, 6) is -1.02. The van der Waals surface area contributed by atoms with Crippen LogP contribution in [0, 0.1) is 5.92 Å². The third-order valence-electron chi connectivity index (χ3n) is 2.09. The van der Waals surface area contributed by atoms with Crippen molar-refractivity contribution in [3.05, 3.63) is 0 Å². The van der Waals surface area contributed by atoms with E-state index in [0.29, 0.717) is 26.1 Å². The maximum Gasteiger partial charge on any atom is 0.345 e. The molecule has 0 bridgehead atoms. The minimum atomic E-state index is -0.423. The first kappa shape index (κ1) is 14.9. The van der Waals surface area contributed by atoms with E-state index in [-0.39, 0.29) is 18.3 Å². The van der Waals surface area contributed by atoms with E-state index in [1.165, 1.54) is 0 Å². The first-order chi connectivity index (χ1) is 7.65. The Bertz CT molecular complexity index is 214. The van der Waals surface area contributed by atoms with Gasteiger partial charge >= 0.3 is 11.9 Å². The van der Waals surface area contributed by atoms with Crippen LogP contribution in [-0.4, -0.2) is 25.2 Å². The Labute approximate surface area is 96.0 Å². The highest BCUT2D eigenvalue weighted by Crippen LogP contribution is 2.13. The molecule has 0 heterocycles. The van der Waals surface area contributed by atoms with Crippen LogP contribution in [0.1, 0.15) is 40.0 Å². The molecule has 0 N–H and O–H groups in total. The topological polar surface area (TPSA) is 61.8 Å². The molecule has 0 saturated carbocycles. The van der Waals surface area contributed by atoms with Gasteiger partial charge in [0, 0.05) is 6.42 Å². The van der Waals surface area contributed by atoms with E-state index in [9.17, 15) is 9.59 Å². The van der Waals surface area contributed by atoms with Crippen molar-refractivity contribution in [3.8, 4) is 0 Å². The third-order valence-corrected chi connectivity index (χ3v) is 2.09. The summed E-state index contributed by atoms with van der Waals surface area (Å²) < 4.78 is 4.78. The highest BCUT2D eigenvalue weighted by atomic mass is 17.2. The molecule has 5 nitrogen and oxygen atoms in total. The molecule has 0 amide bonds. The zero-order valence-electron chi connectivity index (χ0n) is 10.2. The Balaban J connectivity index is 3.90. The smallest absolute Gasteiger partial charge is 0.345 e. The minimum Gasteiger partial charge on any atom is -0.466 e. The molecule has 0 aliphatic rings. The number of rotatable bonds is 8. The summed E-state index contributed by atoms with van der Waals surface area (Å²) in [4.78, 5) is 31.6. The largest absolute Gasteiger partial charge is 0.466 e. The fourth-order valence-electron chi connectivity index (χ4n) is 1.20. The average molecular weight is 232 g/mol. The fourth-order valence-corrected chi connectivity index (χ4v) is 1.20. The van der Waals surface area contributed by atoms with Gasteiger partial charge in [0.25, 0.3) is 0 Å².